The van der Waals surface area contributed by atoms with E-state index in [4.69, 9.17) is 5.73 Å². The van der Waals surface area contributed by atoms with Gasteiger partial charge in [0.1, 0.15) is 5.69 Å². The number of rotatable bonds is 2. The zero-order valence-electron chi connectivity index (χ0n) is 7.60. The van der Waals surface area contributed by atoms with Crippen molar-refractivity contribution in [2.75, 3.05) is 11.1 Å². The lowest BCUT2D eigenvalue weighted by molar-refractivity contribution is -0.115. The van der Waals surface area contributed by atoms with Gasteiger partial charge in [-0.2, -0.15) is 0 Å². The zero-order chi connectivity index (χ0) is 10.7. The highest BCUT2D eigenvalue weighted by Crippen LogP contribution is 2.24. The van der Waals surface area contributed by atoms with Crippen LogP contribution in [-0.2, 0) is 4.79 Å². The van der Waals surface area contributed by atoms with Crippen molar-refractivity contribution >= 4 is 17.3 Å². The van der Waals surface area contributed by atoms with Crippen LogP contribution in [0.5, 0.6) is 0 Å². The van der Waals surface area contributed by atoms with Gasteiger partial charge in [-0.05, 0) is 12.1 Å². The van der Waals surface area contributed by atoms with Crippen molar-refractivity contribution in [1.82, 2.24) is 0 Å². The van der Waals surface area contributed by atoms with Crippen LogP contribution < -0.4 is 11.1 Å². The summed E-state index contributed by atoms with van der Waals surface area (Å²) in [5.74, 6) is -2.58. The summed E-state index contributed by atoms with van der Waals surface area (Å²) >= 11 is 0. The van der Waals surface area contributed by atoms with Gasteiger partial charge in [0.05, 0.1) is 5.69 Å². The molecule has 0 saturated carbocycles. The summed E-state index contributed by atoms with van der Waals surface area (Å²) in [6, 6.07) is 2.11. The highest BCUT2D eigenvalue weighted by Gasteiger charge is 2.13. The third kappa shape index (κ3) is 1.99. The number of amides is 1. The molecule has 0 aliphatic rings. The second kappa shape index (κ2) is 4.04. The molecule has 1 aromatic carbocycles. The van der Waals surface area contributed by atoms with E-state index in [9.17, 15) is 13.6 Å². The number of carbonyl (C=O) groups is 1. The van der Waals surface area contributed by atoms with Crippen LogP contribution in [0.15, 0.2) is 12.1 Å². The molecule has 0 aromatic heterocycles. The Hall–Kier alpha value is -1.65. The van der Waals surface area contributed by atoms with Crippen LogP contribution in [0.4, 0.5) is 20.2 Å². The highest BCUT2D eigenvalue weighted by molar-refractivity contribution is 5.93. The smallest absolute Gasteiger partial charge is 0.224 e. The molecule has 0 bridgehead atoms. The molecule has 0 fully saturated rings. The predicted octanol–water partition coefficient (Wildman–Crippen LogP) is 1.90. The van der Waals surface area contributed by atoms with Crippen LogP contribution in [0.3, 0.4) is 0 Å². The van der Waals surface area contributed by atoms with Gasteiger partial charge in [0.2, 0.25) is 5.91 Å². The van der Waals surface area contributed by atoms with Crippen LogP contribution in [0.25, 0.3) is 0 Å². The van der Waals surface area contributed by atoms with Gasteiger partial charge in [-0.1, -0.05) is 6.92 Å². The molecule has 1 aromatic rings. The van der Waals surface area contributed by atoms with Gasteiger partial charge in [0.25, 0.3) is 0 Å². The molecule has 3 nitrogen and oxygen atoms in total. The van der Waals surface area contributed by atoms with Crippen molar-refractivity contribution in [3.8, 4) is 0 Å². The summed E-state index contributed by atoms with van der Waals surface area (Å²) in [6.07, 6.45) is 0.176. The van der Waals surface area contributed by atoms with E-state index in [-0.39, 0.29) is 17.8 Å². The van der Waals surface area contributed by atoms with E-state index in [0.717, 1.165) is 6.07 Å². The van der Waals surface area contributed by atoms with Crippen LogP contribution in [-0.4, -0.2) is 5.91 Å². The number of anilines is 2. The van der Waals surface area contributed by atoms with Crippen molar-refractivity contribution in [3.63, 3.8) is 0 Å². The Labute approximate surface area is 79.9 Å². The van der Waals surface area contributed by atoms with E-state index in [1.54, 1.807) is 6.92 Å². The summed E-state index contributed by atoms with van der Waals surface area (Å²) in [4.78, 5) is 10.9. The standard InChI is InChI=1S/C9H10F2N2O/c1-2-7(14)13-9-6(12)4-3-5(10)8(9)11/h3-4H,2,12H2,1H3,(H,13,14). The number of nitrogen functional groups attached to an aromatic ring is 1. The minimum Gasteiger partial charge on any atom is -0.397 e. The molecule has 0 radical (unpaired) electrons. The minimum absolute atomic E-state index is 0.00528. The molecule has 5 heteroatoms. The number of carbonyl (C=O) groups excluding carboxylic acids is 1. The molecule has 0 unspecified atom stereocenters. The van der Waals surface area contributed by atoms with E-state index in [2.05, 4.69) is 5.32 Å². The van der Waals surface area contributed by atoms with E-state index in [1.807, 2.05) is 0 Å². The quantitative estimate of drug-likeness (QED) is 0.716. The topological polar surface area (TPSA) is 55.1 Å². The first kappa shape index (κ1) is 10.4. The first-order chi connectivity index (χ1) is 6.56. The Kier molecular flexibility index (Phi) is 3.01. The predicted molar refractivity (Wildman–Crippen MR) is 49.7 cm³/mol. The van der Waals surface area contributed by atoms with Crippen LogP contribution in [0, 0.1) is 11.6 Å². The molecule has 0 aliphatic carbocycles. The minimum atomic E-state index is -1.13. The summed E-state index contributed by atoms with van der Waals surface area (Å²) in [5.41, 5.74) is 5.08. The maximum Gasteiger partial charge on any atom is 0.224 e. The third-order valence-corrected chi connectivity index (χ3v) is 1.71. The largest absolute Gasteiger partial charge is 0.397 e. The Balaban J connectivity index is 3.06. The van der Waals surface area contributed by atoms with Crippen LogP contribution in [0.1, 0.15) is 13.3 Å². The van der Waals surface area contributed by atoms with E-state index < -0.39 is 17.5 Å². The average Bonchev–Trinajstić information content (AvgIpc) is 2.18. The Morgan fingerprint density at radius 1 is 1.50 bits per heavy atom. The number of halogens is 2. The molecular formula is C9H10F2N2O. The lowest BCUT2D eigenvalue weighted by Gasteiger charge is -2.08. The molecule has 0 atom stereocenters. The first-order valence-electron chi connectivity index (χ1n) is 4.09. The van der Waals surface area contributed by atoms with Crippen LogP contribution >= 0.6 is 0 Å². The molecule has 0 saturated heterocycles. The molecule has 0 spiro atoms. The number of hydrogen-bond donors (Lipinski definition) is 2. The molecular weight excluding hydrogens is 190 g/mol. The fourth-order valence-electron chi connectivity index (χ4n) is 0.920. The van der Waals surface area contributed by atoms with Crippen molar-refractivity contribution < 1.29 is 13.6 Å². The number of nitrogens with one attached hydrogen (secondary N) is 1. The second-order valence-corrected chi connectivity index (χ2v) is 2.73. The summed E-state index contributed by atoms with van der Waals surface area (Å²) in [7, 11) is 0. The monoisotopic (exact) mass is 200 g/mol. The lowest BCUT2D eigenvalue weighted by Crippen LogP contribution is -2.13. The molecule has 1 rings (SSSR count). The SMILES string of the molecule is CCC(=O)Nc1c(N)ccc(F)c1F. The number of hydrogen-bond acceptors (Lipinski definition) is 2. The van der Waals surface area contributed by atoms with Gasteiger partial charge in [0, 0.05) is 6.42 Å². The lowest BCUT2D eigenvalue weighted by atomic mass is 10.2. The van der Waals surface area contributed by atoms with Crippen molar-refractivity contribution in [3.05, 3.63) is 23.8 Å². The van der Waals surface area contributed by atoms with Gasteiger partial charge in [0.15, 0.2) is 11.6 Å². The molecule has 0 heterocycles. The maximum atomic E-state index is 13.1. The van der Waals surface area contributed by atoms with Gasteiger partial charge >= 0.3 is 0 Å². The molecule has 14 heavy (non-hydrogen) atoms. The van der Waals surface area contributed by atoms with Gasteiger partial charge in [-0.25, -0.2) is 8.78 Å². The third-order valence-electron chi connectivity index (χ3n) is 1.71. The molecule has 1 amide bonds. The fourth-order valence-corrected chi connectivity index (χ4v) is 0.920. The number of nitrogens with two attached hydrogens (primary N) is 1. The maximum absolute atomic E-state index is 13.1. The van der Waals surface area contributed by atoms with E-state index in [0.29, 0.717) is 0 Å². The molecule has 3 N–H and O–H groups in total. The molecule has 76 valence electrons. The van der Waals surface area contributed by atoms with Crippen LogP contribution in [0.2, 0.25) is 0 Å². The van der Waals surface area contributed by atoms with Gasteiger partial charge in [-0.3, -0.25) is 4.79 Å². The van der Waals surface area contributed by atoms with Crippen molar-refractivity contribution in [2.45, 2.75) is 13.3 Å². The number of benzene rings is 1. The Morgan fingerprint density at radius 3 is 2.71 bits per heavy atom. The second-order valence-electron chi connectivity index (χ2n) is 2.73. The summed E-state index contributed by atoms with van der Waals surface area (Å²) < 4.78 is 25.8. The van der Waals surface area contributed by atoms with Gasteiger partial charge < -0.3 is 11.1 Å². The van der Waals surface area contributed by atoms with Gasteiger partial charge in [-0.15, -0.1) is 0 Å². The zero-order valence-corrected chi connectivity index (χ0v) is 7.60. The Bertz CT molecular complexity index is 366. The normalized spacial score (nSPS) is 9.93. The van der Waals surface area contributed by atoms with Crippen molar-refractivity contribution in [2.24, 2.45) is 0 Å². The fraction of sp³-hybridized carbons (Fsp3) is 0.222. The average molecular weight is 200 g/mol. The highest BCUT2D eigenvalue weighted by atomic mass is 19.2. The van der Waals surface area contributed by atoms with E-state index in [1.165, 1.54) is 6.07 Å². The summed E-state index contributed by atoms with van der Waals surface area (Å²) in [5, 5.41) is 2.19. The summed E-state index contributed by atoms with van der Waals surface area (Å²) in [6.45, 7) is 1.60. The first-order valence-corrected chi connectivity index (χ1v) is 4.09. The van der Waals surface area contributed by atoms with E-state index >= 15 is 0 Å². The Morgan fingerprint density at radius 2 is 2.14 bits per heavy atom. The van der Waals surface area contributed by atoms with Crippen molar-refractivity contribution in [1.29, 1.82) is 0 Å². The molecule has 0 aliphatic heterocycles.